The molecule has 0 aliphatic carbocycles. The zero-order chi connectivity index (χ0) is 12.6. The molecule has 18 heavy (non-hydrogen) atoms. The van der Waals surface area contributed by atoms with Crippen molar-refractivity contribution in [3.8, 4) is 0 Å². The number of nitrogens with zero attached hydrogens (tertiary/aromatic N) is 2. The first-order valence-electron chi connectivity index (χ1n) is 5.36. The number of aromatic carboxylic acids is 1. The second-order valence-corrected chi connectivity index (χ2v) is 4.16. The molecule has 0 aliphatic rings. The van der Waals surface area contributed by atoms with Gasteiger partial charge in [-0.25, -0.2) is 4.79 Å². The molecule has 0 atom stereocenters. The van der Waals surface area contributed by atoms with Gasteiger partial charge in [0, 0.05) is 13.1 Å². The number of anilines is 1. The van der Waals surface area contributed by atoms with Crippen molar-refractivity contribution in [2.75, 3.05) is 11.9 Å². The molecule has 0 saturated heterocycles. The number of oxazole rings is 1. The normalized spacial score (nSPS) is 10.4. The third-order valence-electron chi connectivity index (χ3n) is 2.71. The molecule has 0 unspecified atom stereocenters. The molecular formula is C12H15LiN2O3. The van der Waals surface area contributed by atoms with Gasteiger partial charge in [-0.15, -0.1) is 0 Å². The Morgan fingerprint density at radius 2 is 2.11 bits per heavy atom. The van der Waals surface area contributed by atoms with Gasteiger partial charge in [-0.2, -0.15) is 4.98 Å². The fourth-order valence-corrected chi connectivity index (χ4v) is 1.48. The third kappa shape index (κ3) is 2.52. The maximum atomic E-state index is 11.0. The summed E-state index contributed by atoms with van der Waals surface area (Å²) < 4.78 is 5.53. The predicted octanol–water partition coefficient (Wildman–Crippen LogP) is 1.72. The van der Waals surface area contributed by atoms with E-state index in [0.717, 1.165) is 0 Å². The van der Waals surface area contributed by atoms with Gasteiger partial charge in [0.25, 0.3) is 6.01 Å². The first-order chi connectivity index (χ1) is 8.00. The number of hydrogen-bond donors (Lipinski definition) is 1. The van der Waals surface area contributed by atoms with Crippen molar-refractivity contribution >= 4 is 41.9 Å². The van der Waals surface area contributed by atoms with Gasteiger partial charge in [-0.05, 0) is 26.0 Å². The Balaban J connectivity index is 0.00000162. The number of hydrogen-bond acceptors (Lipinski definition) is 4. The van der Waals surface area contributed by atoms with E-state index in [1.165, 1.54) is 6.07 Å². The number of carboxylic acid groups (broad SMARTS) is 1. The molecule has 0 saturated carbocycles. The van der Waals surface area contributed by atoms with Crippen LogP contribution in [0.3, 0.4) is 0 Å². The summed E-state index contributed by atoms with van der Waals surface area (Å²) in [5.41, 5.74) is 1.05. The Labute approximate surface area is 117 Å². The minimum absolute atomic E-state index is 0. The van der Waals surface area contributed by atoms with Gasteiger partial charge < -0.3 is 14.4 Å². The Kier molecular flexibility index (Phi) is 4.44. The van der Waals surface area contributed by atoms with Crippen molar-refractivity contribution < 1.29 is 14.3 Å². The molecule has 0 bridgehead atoms. The van der Waals surface area contributed by atoms with Gasteiger partial charge in [-0.1, -0.05) is 6.07 Å². The number of carbonyl (C=O) groups is 1. The SMILES string of the molecule is CC(C)N(C)c1nc2c(C(=O)O)cccc2o1.[LiH]. The number of aromatic nitrogens is 1. The van der Waals surface area contributed by atoms with E-state index in [1.807, 2.05) is 25.8 Å². The molecule has 5 nitrogen and oxygen atoms in total. The zero-order valence-electron chi connectivity index (χ0n) is 9.97. The van der Waals surface area contributed by atoms with Gasteiger partial charge in [0.1, 0.15) is 5.52 Å². The number of benzene rings is 1. The molecule has 2 rings (SSSR count). The average Bonchev–Trinajstić information content (AvgIpc) is 2.70. The van der Waals surface area contributed by atoms with Crippen LogP contribution in [0.4, 0.5) is 6.01 Å². The summed E-state index contributed by atoms with van der Waals surface area (Å²) in [6.07, 6.45) is 0. The summed E-state index contributed by atoms with van der Waals surface area (Å²) in [6, 6.07) is 5.55. The van der Waals surface area contributed by atoms with Crippen LogP contribution in [0.1, 0.15) is 24.2 Å². The minimum atomic E-state index is -0.998. The molecule has 0 amide bonds. The standard InChI is InChI=1S/C12H14N2O3.Li.H/c1-7(2)14(3)12-13-10-8(11(15)16)5-4-6-9(10)17-12;;/h4-7H,1-3H3,(H,15,16);;. The predicted molar refractivity (Wildman–Crippen MR) is 71.7 cm³/mol. The summed E-state index contributed by atoms with van der Waals surface area (Å²) in [6.45, 7) is 4.01. The van der Waals surface area contributed by atoms with Gasteiger partial charge in [0.2, 0.25) is 0 Å². The number of carboxylic acids is 1. The van der Waals surface area contributed by atoms with Crippen LogP contribution in [0.25, 0.3) is 11.1 Å². The molecule has 0 radical (unpaired) electrons. The van der Waals surface area contributed by atoms with Crippen LogP contribution in [-0.4, -0.2) is 48.0 Å². The Morgan fingerprint density at radius 3 is 2.67 bits per heavy atom. The van der Waals surface area contributed by atoms with Crippen molar-refractivity contribution in [3.63, 3.8) is 0 Å². The number of rotatable bonds is 3. The molecule has 0 spiro atoms. The summed E-state index contributed by atoms with van der Waals surface area (Å²) >= 11 is 0. The van der Waals surface area contributed by atoms with E-state index in [9.17, 15) is 4.79 Å². The molecular weight excluding hydrogens is 227 g/mol. The van der Waals surface area contributed by atoms with Crippen molar-refractivity contribution in [3.05, 3.63) is 23.8 Å². The van der Waals surface area contributed by atoms with Crippen LogP contribution in [-0.2, 0) is 0 Å². The summed E-state index contributed by atoms with van der Waals surface area (Å²) in [7, 11) is 1.86. The molecule has 1 N–H and O–H groups in total. The van der Waals surface area contributed by atoms with E-state index in [1.54, 1.807) is 12.1 Å². The monoisotopic (exact) mass is 242 g/mol. The fraction of sp³-hybridized carbons (Fsp3) is 0.333. The second kappa shape index (κ2) is 5.47. The first-order valence-corrected chi connectivity index (χ1v) is 5.36. The van der Waals surface area contributed by atoms with Crippen LogP contribution >= 0.6 is 0 Å². The van der Waals surface area contributed by atoms with Crippen LogP contribution < -0.4 is 4.90 Å². The fourth-order valence-electron chi connectivity index (χ4n) is 1.48. The molecule has 2 aromatic rings. The Bertz CT molecular complexity index is 565. The summed E-state index contributed by atoms with van der Waals surface area (Å²) in [5.74, 6) is -0.998. The summed E-state index contributed by atoms with van der Waals surface area (Å²) in [5, 5.41) is 9.04. The average molecular weight is 242 g/mol. The van der Waals surface area contributed by atoms with Gasteiger partial charge in [0.05, 0.1) is 5.56 Å². The Hall–Kier alpha value is -1.44. The van der Waals surface area contributed by atoms with E-state index in [2.05, 4.69) is 4.98 Å². The topological polar surface area (TPSA) is 66.6 Å². The van der Waals surface area contributed by atoms with E-state index in [-0.39, 0.29) is 30.5 Å². The quantitative estimate of drug-likeness (QED) is 0.830. The first kappa shape index (κ1) is 14.6. The van der Waals surface area contributed by atoms with Crippen molar-refractivity contribution in [2.45, 2.75) is 19.9 Å². The van der Waals surface area contributed by atoms with Crippen molar-refractivity contribution in [2.24, 2.45) is 0 Å². The second-order valence-electron chi connectivity index (χ2n) is 4.16. The van der Waals surface area contributed by atoms with Crippen LogP contribution in [0, 0.1) is 0 Å². The third-order valence-corrected chi connectivity index (χ3v) is 2.71. The molecule has 1 aromatic heterocycles. The maximum absolute atomic E-state index is 11.0. The van der Waals surface area contributed by atoms with E-state index < -0.39 is 5.97 Å². The van der Waals surface area contributed by atoms with E-state index in [0.29, 0.717) is 17.1 Å². The number of para-hydroxylation sites is 1. The summed E-state index contributed by atoms with van der Waals surface area (Å²) in [4.78, 5) is 17.1. The van der Waals surface area contributed by atoms with Crippen LogP contribution in [0.2, 0.25) is 0 Å². The zero-order valence-corrected chi connectivity index (χ0v) is 9.97. The Morgan fingerprint density at radius 1 is 1.44 bits per heavy atom. The molecule has 6 heteroatoms. The van der Waals surface area contributed by atoms with Crippen molar-refractivity contribution in [1.82, 2.24) is 4.98 Å². The molecule has 92 valence electrons. The molecule has 0 aliphatic heterocycles. The van der Waals surface area contributed by atoms with E-state index in [4.69, 9.17) is 9.52 Å². The molecule has 1 heterocycles. The van der Waals surface area contributed by atoms with Gasteiger partial charge in [0.15, 0.2) is 5.58 Å². The van der Waals surface area contributed by atoms with Crippen LogP contribution in [0.15, 0.2) is 22.6 Å². The van der Waals surface area contributed by atoms with Gasteiger partial charge >= 0.3 is 24.8 Å². The van der Waals surface area contributed by atoms with Gasteiger partial charge in [-0.3, -0.25) is 0 Å². The molecule has 0 fully saturated rings. The van der Waals surface area contributed by atoms with Crippen LogP contribution in [0.5, 0.6) is 0 Å². The number of fused-ring (bicyclic) bond motifs is 1. The van der Waals surface area contributed by atoms with E-state index >= 15 is 0 Å². The molecule has 1 aromatic carbocycles. The van der Waals surface area contributed by atoms with Crippen molar-refractivity contribution in [1.29, 1.82) is 0 Å².